The van der Waals surface area contributed by atoms with E-state index in [0.717, 1.165) is 38.5 Å². The van der Waals surface area contributed by atoms with Crippen molar-refractivity contribution in [1.82, 2.24) is 0 Å². The highest BCUT2D eigenvalue weighted by Crippen LogP contribution is 2.62. The number of fused-ring (bicyclic) bond motifs is 6. The van der Waals surface area contributed by atoms with E-state index < -0.39 is 11.6 Å². The molecule has 1 heterocycles. The SMILES string of the molecule is C[C@]12CC[C@@H]3c4ccc(OC(=O)c5ccccc5)cc4CC[C@H]3[C@@H]1CC[C@@H]2OC(=O)C12OC1CCC2=O. The summed E-state index contributed by atoms with van der Waals surface area (Å²) < 4.78 is 17.3. The number of carbonyl (C=O) groups excluding carboxylic acids is 3. The van der Waals surface area contributed by atoms with E-state index in [1.54, 1.807) is 12.1 Å². The molecule has 0 radical (unpaired) electrons. The van der Waals surface area contributed by atoms with Crippen LogP contribution in [0.5, 0.6) is 5.75 Å². The molecule has 7 atom stereocenters. The van der Waals surface area contributed by atoms with Crippen LogP contribution in [0.3, 0.4) is 0 Å². The highest BCUT2D eigenvalue weighted by Gasteiger charge is 2.73. The van der Waals surface area contributed by atoms with Crippen LogP contribution in [0.15, 0.2) is 48.5 Å². The van der Waals surface area contributed by atoms with Crippen LogP contribution in [0.2, 0.25) is 0 Å². The van der Waals surface area contributed by atoms with Gasteiger partial charge < -0.3 is 14.2 Å². The summed E-state index contributed by atoms with van der Waals surface area (Å²) in [5, 5.41) is 0. The molecule has 192 valence electrons. The fraction of sp³-hybridized carbons (Fsp3) is 0.516. The topological polar surface area (TPSA) is 82.2 Å². The Morgan fingerprint density at radius 1 is 0.973 bits per heavy atom. The van der Waals surface area contributed by atoms with E-state index in [0.29, 0.717) is 41.9 Å². The van der Waals surface area contributed by atoms with Crippen LogP contribution in [-0.2, 0) is 25.5 Å². The lowest BCUT2D eigenvalue weighted by molar-refractivity contribution is -0.165. The summed E-state index contributed by atoms with van der Waals surface area (Å²) in [4.78, 5) is 37.9. The largest absolute Gasteiger partial charge is 0.459 e. The van der Waals surface area contributed by atoms with Gasteiger partial charge in [-0.05, 0) is 98.1 Å². The third-order valence-electron chi connectivity index (χ3n) is 10.2. The Morgan fingerprint density at radius 2 is 1.81 bits per heavy atom. The molecule has 2 aromatic carbocycles. The van der Waals surface area contributed by atoms with Crippen LogP contribution < -0.4 is 4.74 Å². The first-order valence-electron chi connectivity index (χ1n) is 13.7. The molecule has 1 saturated heterocycles. The summed E-state index contributed by atoms with van der Waals surface area (Å²) in [5.41, 5.74) is 1.85. The zero-order valence-corrected chi connectivity index (χ0v) is 21.1. The lowest BCUT2D eigenvalue weighted by atomic mass is 9.55. The summed E-state index contributed by atoms with van der Waals surface area (Å²) in [5.74, 6) is 1.21. The Bertz CT molecular complexity index is 1290. The van der Waals surface area contributed by atoms with Gasteiger partial charge in [-0.1, -0.05) is 31.2 Å². The predicted molar refractivity (Wildman–Crippen MR) is 134 cm³/mol. The van der Waals surface area contributed by atoms with Crippen molar-refractivity contribution < 1.29 is 28.6 Å². The molecule has 3 saturated carbocycles. The van der Waals surface area contributed by atoms with Gasteiger partial charge in [-0.3, -0.25) is 4.79 Å². The van der Waals surface area contributed by atoms with Crippen LogP contribution in [0.1, 0.15) is 79.3 Å². The molecular formula is C31H32O6. The monoisotopic (exact) mass is 500 g/mol. The number of epoxide rings is 1. The van der Waals surface area contributed by atoms with Crippen molar-refractivity contribution in [2.24, 2.45) is 17.3 Å². The van der Waals surface area contributed by atoms with Gasteiger partial charge >= 0.3 is 11.9 Å². The molecule has 2 unspecified atom stereocenters. The van der Waals surface area contributed by atoms with Crippen LogP contribution in [0, 0.1) is 17.3 Å². The number of hydrogen-bond donors (Lipinski definition) is 0. The van der Waals surface area contributed by atoms with E-state index in [1.807, 2.05) is 30.3 Å². The van der Waals surface area contributed by atoms with Crippen molar-refractivity contribution in [3.63, 3.8) is 0 Å². The first kappa shape index (κ1) is 23.2. The van der Waals surface area contributed by atoms with Gasteiger partial charge in [-0.25, -0.2) is 9.59 Å². The molecule has 0 aromatic heterocycles. The number of benzene rings is 2. The lowest BCUT2D eigenvalue weighted by Gasteiger charge is -2.50. The molecule has 6 nitrogen and oxygen atoms in total. The van der Waals surface area contributed by atoms with Gasteiger partial charge in [0.05, 0.1) is 5.56 Å². The smallest absolute Gasteiger partial charge is 0.349 e. The maximum absolute atomic E-state index is 13.0. The van der Waals surface area contributed by atoms with Crippen LogP contribution in [-0.4, -0.2) is 35.5 Å². The highest BCUT2D eigenvalue weighted by molar-refractivity contribution is 6.12. The third kappa shape index (κ3) is 3.44. The number of rotatable bonds is 4. The van der Waals surface area contributed by atoms with Gasteiger partial charge in [-0.15, -0.1) is 0 Å². The van der Waals surface area contributed by atoms with Crippen molar-refractivity contribution in [2.75, 3.05) is 0 Å². The second kappa shape index (κ2) is 8.26. The first-order valence-corrected chi connectivity index (χ1v) is 13.7. The fourth-order valence-corrected chi connectivity index (χ4v) is 8.16. The zero-order valence-electron chi connectivity index (χ0n) is 21.1. The summed E-state index contributed by atoms with van der Waals surface area (Å²) in [7, 11) is 0. The summed E-state index contributed by atoms with van der Waals surface area (Å²) >= 11 is 0. The predicted octanol–water partition coefficient (Wildman–Crippen LogP) is 5.17. The van der Waals surface area contributed by atoms with Crippen LogP contribution >= 0.6 is 0 Å². The van der Waals surface area contributed by atoms with Crippen molar-refractivity contribution in [3.05, 3.63) is 65.2 Å². The van der Waals surface area contributed by atoms with Gasteiger partial charge in [0.2, 0.25) is 5.60 Å². The maximum atomic E-state index is 13.0. The molecule has 37 heavy (non-hydrogen) atoms. The standard InChI is InChI=1S/C31H32O6/c1-30-16-15-22-21-10-8-20(35-28(33)18-5-3-2-4-6-18)17-19(21)7-9-23(22)24(30)11-13-26(30)36-29(34)31-25(32)12-14-27(31)37-31/h2-6,8,10,17,22-24,26-27H,7,9,11-16H2,1H3/t22-,23-,24+,26+,27?,30+,31?/m1/s1. The molecule has 4 fully saturated rings. The average molecular weight is 501 g/mol. The quantitative estimate of drug-likeness (QED) is 0.249. The van der Waals surface area contributed by atoms with Crippen molar-refractivity contribution in [1.29, 1.82) is 0 Å². The number of carbonyl (C=O) groups is 3. The number of aryl methyl sites for hydroxylation is 1. The minimum Gasteiger partial charge on any atom is -0.459 e. The maximum Gasteiger partial charge on any atom is 0.349 e. The number of ether oxygens (including phenoxy) is 3. The third-order valence-corrected chi connectivity index (χ3v) is 10.2. The molecule has 7 rings (SSSR count). The van der Waals surface area contributed by atoms with E-state index in [-0.39, 0.29) is 29.4 Å². The second-order valence-corrected chi connectivity index (χ2v) is 11.9. The van der Waals surface area contributed by atoms with Gasteiger partial charge in [-0.2, -0.15) is 0 Å². The number of hydrogen-bond acceptors (Lipinski definition) is 6. The van der Waals surface area contributed by atoms with Crippen molar-refractivity contribution in [2.45, 2.75) is 82.0 Å². The number of ketones is 1. The Morgan fingerprint density at radius 3 is 2.57 bits per heavy atom. The zero-order chi connectivity index (χ0) is 25.4. The summed E-state index contributed by atoms with van der Waals surface area (Å²) in [6, 6.07) is 15.2. The minimum absolute atomic E-state index is 0.0673. The molecule has 4 aliphatic carbocycles. The molecule has 1 aliphatic heterocycles. The van der Waals surface area contributed by atoms with Gasteiger partial charge in [0.1, 0.15) is 18.0 Å². The summed E-state index contributed by atoms with van der Waals surface area (Å²) in [6.07, 6.45) is 6.61. The van der Waals surface area contributed by atoms with Crippen molar-refractivity contribution in [3.8, 4) is 5.75 Å². The van der Waals surface area contributed by atoms with Gasteiger partial charge in [0, 0.05) is 11.8 Å². The fourth-order valence-electron chi connectivity index (χ4n) is 8.16. The van der Waals surface area contributed by atoms with E-state index in [2.05, 4.69) is 13.0 Å². The van der Waals surface area contributed by atoms with Crippen molar-refractivity contribution >= 4 is 17.7 Å². The molecular weight excluding hydrogens is 468 g/mol. The van der Waals surface area contributed by atoms with E-state index in [4.69, 9.17) is 14.2 Å². The molecule has 2 aromatic rings. The van der Waals surface area contributed by atoms with E-state index in [1.165, 1.54) is 11.1 Å². The Hall–Kier alpha value is -2.99. The molecule has 6 heteroatoms. The Balaban J connectivity index is 1.06. The molecule has 0 bridgehead atoms. The second-order valence-electron chi connectivity index (χ2n) is 11.9. The normalized spacial score (nSPS) is 37.1. The average Bonchev–Trinajstić information content (AvgIpc) is 3.45. The number of Topliss-reactive ketones (excluding diaryl/α,β-unsaturated/α-hetero) is 1. The molecule has 5 aliphatic rings. The Labute approximate surface area is 216 Å². The lowest BCUT2D eigenvalue weighted by Crippen LogP contribution is -2.47. The molecule has 0 spiro atoms. The number of esters is 2. The first-order chi connectivity index (χ1) is 17.9. The Kier molecular flexibility index (Phi) is 5.17. The van der Waals surface area contributed by atoms with E-state index >= 15 is 0 Å². The minimum atomic E-state index is -1.28. The van der Waals surface area contributed by atoms with Gasteiger partial charge in [0.15, 0.2) is 5.78 Å². The molecule has 0 N–H and O–H groups in total. The molecule has 0 amide bonds. The van der Waals surface area contributed by atoms with Crippen LogP contribution in [0.4, 0.5) is 0 Å². The van der Waals surface area contributed by atoms with Gasteiger partial charge in [0.25, 0.3) is 0 Å². The van der Waals surface area contributed by atoms with E-state index in [9.17, 15) is 14.4 Å². The summed E-state index contributed by atoms with van der Waals surface area (Å²) in [6.45, 7) is 2.29. The van der Waals surface area contributed by atoms with Crippen LogP contribution in [0.25, 0.3) is 0 Å². The highest BCUT2D eigenvalue weighted by atomic mass is 16.7.